The summed E-state index contributed by atoms with van der Waals surface area (Å²) in [6.07, 6.45) is 0. The minimum atomic E-state index is -1.07. The van der Waals surface area contributed by atoms with Crippen molar-refractivity contribution < 1.29 is 19.0 Å². The molecule has 3 rings (SSSR count). The van der Waals surface area contributed by atoms with Crippen LogP contribution in [0.25, 0.3) is 10.9 Å². The lowest BCUT2D eigenvalue weighted by Crippen LogP contribution is -2.01. The molecule has 0 aliphatic carbocycles. The maximum Gasteiger partial charge on any atom is 0.341 e. The quantitative estimate of drug-likeness (QED) is 0.796. The second-order valence-electron chi connectivity index (χ2n) is 4.62. The molecule has 0 saturated carbocycles. The lowest BCUT2D eigenvalue weighted by Gasteiger charge is -2.08. The van der Waals surface area contributed by atoms with Gasteiger partial charge in [-0.1, -0.05) is 18.2 Å². The summed E-state index contributed by atoms with van der Waals surface area (Å²) in [4.78, 5) is 11.5. The van der Waals surface area contributed by atoms with Gasteiger partial charge in [-0.15, -0.1) is 0 Å². The van der Waals surface area contributed by atoms with Crippen LogP contribution in [-0.2, 0) is 7.05 Å². The second-order valence-corrected chi connectivity index (χ2v) is 4.62. The standard InChI is InChI=1S/C16H12FNO3/c1-18-13-5-3-2-4-12(13)14(16(19)20)15(18)21-11-8-6-10(17)7-9-11/h2-9H,1H3,(H,19,20). The Bertz CT molecular complexity index is 821. The van der Waals surface area contributed by atoms with E-state index in [0.29, 0.717) is 11.1 Å². The lowest BCUT2D eigenvalue weighted by atomic mass is 10.2. The number of hydrogen-bond donors (Lipinski definition) is 1. The number of halogens is 1. The lowest BCUT2D eigenvalue weighted by molar-refractivity contribution is 0.0696. The van der Waals surface area contributed by atoms with Crippen molar-refractivity contribution in [1.82, 2.24) is 4.57 Å². The van der Waals surface area contributed by atoms with Crippen LogP contribution in [0, 0.1) is 5.82 Å². The Balaban J connectivity index is 2.17. The van der Waals surface area contributed by atoms with E-state index in [1.165, 1.54) is 24.3 Å². The van der Waals surface area contributed by atoms with Gasteiger partial charge in [0.1, 0.15) is 17.1 Å². The van der Waals surface area contributed by atoms with Gasteiger partial charge < -0.3 is 14.4 Å². The van der Waals surface area contributed by atoms with Crippen LogP contribution in [0.1, 0.15) is 10.4 Å². The molecule has 0 fully saturated rings. The summed E-state index contributed by atoms with van der Waals surface area (Å²) >= 11 is 0. The first-order chi connectivity index (χ1) is 10.1. The van der Waals surface area contributed by atoms with Gasteiger partial charge in [0.15, 0.2) is 0 Å². The minimum Gasteiger partial charge on any atom is -0.477 e. The van der Waals surface area contributed by atoms with E-state index in [1.54, 1.807) is 23.7 Å². The van der Waals surface area contributed by atoms with Crippen LogP contribution >= 0.6 is 0 Å². The summed E-state index contributed by atoms with van der Waals surface area (Å²) in [5.74, 6) is -0.845. The van der Waals surface area contributed by atoms with Crippen molar-refractivity contribution in [2.45, 2.75) is 0 Å². The first-order valence-corrected chi connectivity index (χ1v) is 6.32. The number of benzene rings is 2. The van der Waals surface area contributed by atoms with Crippen molar-refractivity contribution in [2.75, 3.05) is 0 Å². The topological polar surface area (TPSA) is 51.5 Å². The number of aryl methyl sites for hydroxylation is 1. The van der Waals surface area contributed by atoms with Gasteiger partial charge in [-0.3, -0.25) is 0 Å². The fourth-order valence-electron chi connectivity index (χ4n) is 2.31. The zero-order chi connectivity index (χ0) is 15.0. The number of aromatic carboxylic acids is 1. The molecule has 0 radical (unpaired) electrons. The van der Waals surface area contributed by atoms with E-state index in [1.807, 2.05) is 12.1 Å². The number of nitrogens with zero attached hydrogens (tertiary/aromatic N) is 1. The highest BCUT2D eigenvalue weighted by Gasteiger charge is 2.22. The first kappa shape index (κ1) is 13.2. The van der Waals surface area contributed by atoms with Crippen LogP contribution in [-0.4, -0.2) is 15.6 Å². The third-order valence-electron chi connectivity index (χ3n) is 3.30. The highest BCUT2D eigenvalue weighted by Crippen LogP contribution is 2.34. The molecule has 5 heteroatoms. The van der Waals surface area contributed by atoms with E-state index in [4.69, 9.17) is 4.74 Å². The van der Waals surface area contributed by atoms with Crippen LogP contribution in [0.3, 0.4) is 0 Å². The van der Waals surface area contributed by atoms with Crippen LogP contribution < -0.4 is 4.74 Å². The molecule has 1 heterocycles. The van der Waals surface area contributed by atoms with Crippen molar-refractivity contribution in [2.24, 2.45) is 7.05 Å². The molecule has 0 spiro atoms. The highest BCUT2D eigenvalue weighted by atomic mass is 19.1. The number of carboxylic acids is 1. The largest absolute Gasteiger partial charge is 0.477 e. The van der Waals surface area contributed by atoms with E-state index < -0.39 is 5.97 Å². The van der Waals surface area contributed by atoms with E-state index in [2.05, 4.69) is 0 Å². The number of aromatic nitrogens is 1. The Labute approximate surface area is 120 Å². The number of carbonyl (C=O) groups is 1. The smallest absolute Gasteiger partial charge is 0.341 e. The molecular weight excluding hydrogens is 273 g/mol. The number of rotatable bonds is 3. The van der Waals surface area contributed by atoms with Gasteiger partial charge in [0.05, 0.1) is 5.52 Å². The molecule has 4 nitrogen and oxygen atoms in total. The fraction of sp³-hybridized carbons (Fsp3) is 0.0625. The summed E-state index contributed by atoms with van der Waals surface area (Å²) < 4.78 is 20.3. The predicted octanol–water partition coefficient (Wildman–Crippen LogP) is 3.81. The number of carboxylic acid groups (broad SMARTS) is 1. The molecule has 0 aliphatic heterocycles. The van der Waals surface area contributed by atoms with Crippen molar-refractivity contribution in [3.05, 3.63) is 59.9 Å². The number of fused-ring (bicyclic) bond motifs is 1. The Kier molecular flexibility index (Phi) is 3.10. The van der Waals surface area contributed by atoms with Gasteiger partial charge in [0, 0.05) is 12.4 Å². The summed E-state index contributed by atoms with van der Waals surface area (Å²) in [5, 5.41) is 10.0. The Hall–Kier alpha value is -2.82. The van der Waals surface area contributed by atoms with Crippen LogP contribution in [0.4, 0.5) is 4.39 Å². The molecule has 1 aromatic heterocycles. The summed E-state index contributed by atoms with van der Waals surface area (Å²) in [6.45, 7) is 0. The minimum absolute atomic E-state index is 0.0948. The molecule has 0 atom stereocenters. The molecule has 3 aromatic rings. The molecular formula is C16H12FNO3. The molecule has 2 aromatic carbocycles. The fourth-order valence-corrected chi connectivity index (χ4v) is 2.31. The van der Waals surface area contributed by atoms with E-state index in [0.717, 1.165) is 5.52 Å². The SMILES string of the molecule is Cn1c(Oc2ccc(F)cc2)c(C(=O)O)c2ccccc21. The third kappa shape index (κ3) is 2.23. The predicted molar refractivity (Wildman–Crippen MR) is 76.4 cm³/mol. The van der Waals surface area contributed by atoms with Gasteiger partial charge in [0.2, 0.25) is 5.88 Å². The number of ether oxygens (including phenoxy) is 1. The number of para-hydroxylation sites is 1. The molecule has 0 bridgehead atoms. The van der Waals surface area contributed by atoms with E-state index in [-0.39, 0.29) is 17.3 Å². The van der Waals surface area contributed by atoms with Gasteiger partial charge in [0.25, 0.3) is 0 Å². The average Bonchev–Trinajstić information content (AvgIpc) is 2.75. The van der Waals surface area contributed by atoms with Gasteiger partial charge >= 0.3 is 5.97 Å². The zero-order valence-corrected chi connectivity index (χ0v) is 11.2. The van der Waals surface area contributed by atoms with Gasteiger partial charge in [-0.25, -0.2) is 9.18 Å². The Morgan fingerprint density at radius 3 is 2.48 bits per heavy atom. The molecule has 0 saturated heterocycles. The highest BCUT2D eigenvalue weighted by molar-refractivity contribution is 6.06. The van der Waals surface area contributed by atoms with Gasteiger partial charge in [-0.05, 0) is 30.3 Å². The summed E-state index contributed by atoms with van der Waals surface area (Å²) in [7, 11) is 1.73. The zero-order valence-electron chi connectivity index (χ0n) is 11.2. The average molecular weight is 285 g/mol. The normalized spacial score (nSPS) is 10.8. The van der Waals surface area contributed by atoms with Crippen LogP contribution in [0.15, 0.2) is 48.5 Å². The first-order valence-electron chi connectivity index (χ1n) is 6.32. The van der Waals surface area contributed by atoms with Crippen molar-refractivity contribution in [3.8, 4) is 11.6 Å². The van der Waals surface area contributed by atoms with Crippen LogP contribution in [0.2, 0.25) is 0 Å². The van der Waals surface area contributed by atoms with Crippen molar-refractivity contribution in [3.63, 3.8) is 0 Å². The Morgan fingerprint density at radius 2 is 1.81 bits per heavy atom. The molecule has 21 heavy (non-hydrogen) atoms. The molecule has 0 aliphatic rings. The molecule has 1 N–H and O–H groups in total. The maximum atomic E-state index is 12.9. The number of hydrogen-bond acceptors (Lipinski definition) is 2. The monoisotopic (exact) mass is 285 g/mol. The van der Waals surface area contributed by atoms with Crippen molar-refractivity contribution in [1.29, 1.82) is 0 Å². The second kappa shape index (κ2) is 4.94. The van der Waals surface area contributed by atoms with Gasteiger partial charge in [-0.2, -0.15) is 0 Å². The van der Waals surface area contributed by atoms with E-state index >= 15 is 0 Å². The summed E-state index contributed by atoms with van der Waals surface area (Å²) in [5.41, 5.74) is 0.851. The molecule has 0 amide bonds. The van der Waals surface area contributed by atoms with E-state index in [9.17, 15) is 14.3 Å². The van der Waals surface area contributed by atoms with Crippen LogP contribution in [0.5, 0.6) is 11.6 Å². The van der Waals surface area contributed by atoms with Crippen molar-refractivity contribution >= 4 is 16.9 Å². The maximum absolute atomic E-state index is 12.9. The Morgan fingerprint density at radius 1 is 1.14 bits per heavy atom. The summed E-state index contributed by atoms with van der Waals surface area (Å²) in [6, 6.07) is 12.6. The molecule has 0 unspecified atom stereocenters. The molecule has 106 valence electrons. The third-order valence-corrected chi connectivity index (χ3v) is 3.30.